The first-order chi connectivity index (χ1) is 12.1. The SMILES string of the molecule is N#Cc1ccccc1N1CCN(C(=O)Nc2c(Cl)cccc2Cl)CC1. The van der Waals surface area contributed by atoms with E-state index in [1.165, 1.54) is 0 Å². The first kappa shape index (κ1) is 17.4. The fourth-order valence-electron chi connectivity index (χ4n) is 2.80. The van der Waals surface area contributed by atoms with E-state index in [9.17, 15) is 10.1 Å². The van der Waals surface area contributed by atoms with Crippen molar-refractivity contribution in [1.29, 1.82) is 5.26 Å². The lowest BCUT2D eigenvalue weighted by Gasteiger charge is -2.36. The Morgan fingerprint density at radius 2 is 1.64 bits per heavy atom. The molecular formula is C18H16Cl2N4O. The molecule has 128 valence electrons. The zero-order valence-electron chi connectivity index (χ0n) is 13.4. The Morgan fingerprint density at radius 3 is 2.28 bits per heavy atom. The Kier molecular flexibility index (Phi) is 5.32. The van der Waals surface area contributed by atoms with Gasteiger partial charge in [0.1, 0.15) is 6.07 Å². The molecule has 2 aromatic rings. The topological polar surface area (TPSA) is 59.4 Å². The molecule has 0 bridgehead atoms. The number of benzene rings is 2. The molecule has 1 aliphatic rings. The van der Waals surface area contributed by atoms with Gasteiger partial charge in [-0.05, 0) is 24.3 Å². The molecule has 0 aliphatic carbocycles. The molecule has 0 aromatic heterocycles. The number of hydrogen-bond acceptors (Lipinski definition) is 3. The van der Waals surface area contributed by atoms with Crippen LogP contribution < -0.4 is 10.2 Å². The van der Waals surface area contributed by atoms with E-state index in [4.69, 9.17) is 23.2 Å². The number of halogens is 2. The highest BCUT2D eigenvalue weighted by Crippen LogP contribution is 2.30. The summed E-state index contributed by atoms with van der Waals surface area (Å²) >= 11 is 12.2. The maximum atomic E-state index is 12.5. The number of anilines is 2. The zero-order valence-corrected chi connectivity index (χ0v) is 14.9. The van der Waals surface area contributed by atoms with Crippen molar-refractivity contribution in [3.8, 4) is 6.07 Å². The molecule has 3 rings (SSSR count). The fourth-order valence-corrected chi connectivity index (χ4v) is 3.29. The Labute approximate surface area is 156 Å². The van der Waals surface area contributed by atoms with Crippen molar-refractivity contribution in [3.63, 3.8) is 0 Å². The fraction of sp³-hybridized carbons (Fsp3) is 0.222. The van der Waals surface area contributed by atoms with Gasteiger partial charge in [-0.15, -0.1) is 0 Å². The van der Waals surface area contributed by atoms with Crippen LogP contribution in [0.2, 0.25) is 10.0 Å². The molecule has 7 heteroatoms. The normalized spacial score (nSPS) is 14.1. The maximum absolute atomic E-state index is 12.5. The minimum atomic E-state index is -0.233. The second kappa shape index (κ2) is 7.64. The predicted octanol–water partition coefficient (Wildman–Crippen LogP) is 4.22. The molecule has 1 aliphatic heterocycles. The van der Waals surface area contributed by atoms with Crippen LogP contribution in [-0.4, -0.2) is 37.1 Å². The number of nitrogens with zero attached hydrogens (tertiary/aromatic N) is 3. The van der Waals surface area contributed by atoms with E-state index in [2.05, 4.69) is 16.3 Å². The lowest BCUT2D eigenvalue weighted by atomic mass is 10.1. The van der Waals surface area contributed by atoms with Crippen LogP contribution in [0.5, 0.6) is 0 Å². The van der Waals surface area contributed by atoms with Crippen molar-refractivity contribution in [2.75, 3.05) is 36.4 Å². The van der Waals surface area contributed by atoms with E-state index in [-0.39, 0.29) is 6.03 Å². The minimum absolute atomic E-state index is 0.233. The van der Waals surface area contributed by atoms with Gasteiger partial charge in [-0.25, -0.2) is 4.79 Å². The Morgan fingerprint density at radius 1 is 1.00 bits per heavy atom. The van der Waals surface area contributed by atoms with Gasteiger partial charge in [-0.2, -0.15) is 5.26 Å². The van der Waals surface area contributed by atoms with E-state index in [1.807, 2.05) is 18.2 Å². The molecule has 2 aromatic carbocycles. The van der Waals surface area contributed by atoms with Gasteiger partial charge in [0, 0.05) is 26.2 Å². The molecule has 0 saturated carbocycles. The summed E-state index contributed by atoms with van der Waals surface area (Å²) in [5.74, 6) is 0. The number of rotatable bonds is 2. The molecule has 1 N–H and O–H groups in total. The van der Waals surface area contributed by atoms with Crippen LogP contribution in [0, 0.1) is 11.3 Å². The number of urea groups is 1. The number of nitriles is 1. The van der Waals surface area contributed by atoms with Crippen LogP contribution in [0.4, 0.5) is 16.2 Å². The highest BCUT2D eigenvalue weighted by molar-refractivity contribution is 6.39. The molecule has 2 amide bonds. The molecule has 0 atom stereocenters. The van der Waals surface area contributed by atoms with Gasteiger partial charge in [0.05, 0.1) is 27.0 Å². The summed E-state index contributed by atoms with van der Waals surface area (Å²) in [5.41, 5.74) is 1.97. The van der Waals surface area contributed by atoms with Crippen molar-refractivity contribution in [3.05, 3.63) is 58.1 Å². The summed E-state index contributed by atoms with van der Waals surface area (Å²) < 4.78 is 0. The Bertz CT molecular complexity index is 806. The van der Waals surface area contributed by atoms with Crippen LogP contribution in [0.3, 0.4) is 0 Å². The summed E-state index contributed by atoms with van der Waals surface area (Å²) in [4.78, 5) is 16.3. The van der Waals surface area contributed by atoms with E-state index < -0.39 is 0 Å². The van der Waals surface area contributed by atoms with Crippen LogP contribution >= 0.6 is 23.2 Å². The predicted molar refractivity (Wildman–Crippen MR) is 100 cm³/mol. The molecule has 5 nitrogen and oxygen atoms in total. The number of hydrogen-bond donors (Lipinski definition) is 1. The van der Waals surface area contributed by atoms with Crippen LogP contribution in [0.15, 0.2) is 42.5 Å². The average molecular weight is 375 g/mol. The quantitative estimate of drug-likeness (QED) is 0.855. The second-order valence-electron chi connectivity index (χ2n) is 5.63. The molecule has 25 heavy (non-hydrogen) atoms. The van der Waals surface area contributed by atoms with Crippen molar-refractivity contribution in [1.82, 2.24) is 4.90 Å². The Balaban J connectivity index is 1.64. The first-order valence-corrected chi connectivity index (χ1v) is 8.60. The van der Waals surface area contributed by atoms with Gasteiger partial charge in [0.2, 0.25) is 0 Å². The van der Waals surface area contributed by atoms with E-state index in [0.29, 0.717) is 47.5 Å². The summed E-state index contributed by atoms with van der Waals surface area (Å²) in [7, 11) is 0. The van der Waals surface area contributed by atoms with E-state index >= 15 is 0 Å². The molecular weight excluding hydrogens is 359 g/mol. The van der Waals surface area contributed by atoms with Crippen molar-refractivity contribution in [2.24, 2.45) is 0 Å². The number of carbonyl (C=O) groups is 1. The van der Waals surface area contributed by atoms with Gasteiger partial charge < -0.3 is 15.1 Å². The Hall–Kier alpha value is -2.42. The maximum Gasteiger partial charge on any atom is 0.322 e. The van der Waals surface area contributed by atoms with Gasteiger partial charge in [-0.1, -0.05) is 41.4 Å². The molecule has 0 unspecified atom stereocenters. The van der Waals surface area contributed by atoms with Crippen LogP contribution in [-0.2, 0) is 0 Å². The number of nitrogens with one attached hydrogen (secondary N) is 1. The molecule has 1 fully saturated rings. The third-order valence-corrected chi connectivity index (χ3v) is 4.76. The van der Waals surface area contributed by atoms with Crippen LogP contribution in [0.25, 0.3) is 0 Å². The van der Waals surface area contributed by atoms with Gasteiger partial charge in [0.25, 0.3) is 0 Å². The average Bonchev–Trinajstić information content (AvgIpc) is 2.65. The van der Waals surface area contributed by atoms with E-state index in [1.54, 1.807) is 29.2 Å². The third-order valence-electron chi connectivity index (χ3n) is 4.13. The molecule has 1 saturated heterocycles. The number of para-hydroxylation sites is 2. The monoisotopic (exact) mass is 374 g/mol. The summed E-state index contributed by atoms with van der Waals surface area (Å²) in [6.07, 6.45) is 0. The molecule has 0 spiro atoms. The van der Waals surface area contributed by atoms with Crippen molar-refractivity contribution >= 4 is 40.6 Å². The number of carbonyl (C=O) groups excluding carboxylic acids is 1. The lowest BCUT2D eigenvalue weighted by molar-refractivity contribution is 0.208. The van der Waals surface area contributed by atoms with Crippen LogP contribution in [0.1, 0.15) is 5.56 Å². The third kappa shape index (κ3) is 3.81. The molecule has 1 heterocycles. The van der Waals surface area contributed by atoms with E-state index in [0.717, 1.165) is 5.69 Å². The highest BCUT2D eigenvalue weighted by atomic mass is 35.5. The van der Waals surface area contributed by atoms with Gasteiger partial charge in [0.15, 0.2) is 0 Å². The van der Waals surface area contributed by atoms with Gasteiger partial charge >= 0.3 is 6.03 Å². The van der Waals surface area contributed by atoms with Crippen molar-refractivity contribution < 1.29 is 4.79 Å². The largest absolute Gasteiger partial charge is 0.367 e. The minimum Gasteiger partial charge on any atom is -0.367 e. The highest BCUT2D eigenvalue weighted by Gasteiger charge is 2.23. The smallest absolute Gasteiger partial charge is 0.322 e. The van der Waals surface area contributed by atoms with Gasteiger partial charge in [-0.3, -0.25) is 0 Å². The summed E-state index contributed by atoms with van der Waals surface area (Å²) in [6.45, 7) is 2.41. The number of amides is 2. The standard InChI is InChI=1S/C18H16Cl2N4O/c19-14-5-3-6-15(20)17(14)22-18(25)24-10-8-23(9-11-24)16-7-2-1-4-13(16)12-21/h1-7H,8-11H2,(H,22,25). The summed E-state index contributed by atoms with van der Waals surface area (Å²) in [5, 5.41) is 12.8. The first-order valence-electron chi connectivity index (χ1n) is 7.84. The molecule has 0 radical (unpaired) electrons. The summed E-state index contributed by atoms with van der Waals surface area (Å²) in [6, 6.07) is 14.5. The lowest BCUT2D eigenvalue weighted by Crippen LogP contribution is -2.50. The number of piperazine rings is 1. The van der Waals surface area contributed by atoms with Crippen molar-refractivity contribution in [2.45, 2.75) is 0 Å². The zero-order chi connectivity index (χ0) is 17.8. The second-order valence-corrected chi connectivity index (χ2v) is 6.44.